The van der Waals surface area contributed by atoms with Gasteiger partial charge in [-0.3, -0.25) is 0 Å². The molecule has 0 aliphatic heterocycles. The van der Waals surface area contributed by atoms with Gasteiger partial charge in [-0.15, -0.1) is 0 Å². The van der Waals surface area contributed by atoms with E-state index in [-0.39, 0.29) is 0 Å². The molecule has 82 valence electrons. The zero-order valence-electron chi connectivity index (χ0n) is 8.51. The molecule has 2 aromatic rings. The van der Waals surface area contributed by atoms with Crippen LogP contribution in [0.15, 0.2) is 35.6 Å². The normalized spacial score (nSPS) is 10.1. The van der Waals surface area contributed by atoms with Crippen molar-refractivity contribution in [3.8, 4) is 0 Å². The maximum atomic E-state index is 5.99. The van der Waals surface area contributed by atoms with Gasteiger partial charge in [-0.2, -0.15) is 0 Å². The van der Waals surface area contributed by atoms with Gasteiger partial charge >= 0.3 is 0 Å². The van der Waals surface area contributed by atoms with Crippen LogP contribution in [0.3, 0.4) is 0 Å². The third-order valence-electron chi connectivity index (χ3n) is 1.80. The summed E-state index contributed by atoms with van der Waals surface area (Å²) in [6.07, 6.45) is 3.16. The van der Waals surface area contributed by atoms with Crippen molar-refractivity contribution >= 4 is 29.4 Å². The number of aryl methyl sites for hydroxylation is 1. The first-order valence-corrected chi connectivity index (χ1v) is 5.77. The Morgan fingerprint density at radius 2 is 2.19 bits per heavy atom. The Kier molecular flexibility index (Phi) is 3.58. The molecule has 0 radical (unpaired) electrons. The number of halogens is 1. The molecular weight excluding hydrogens is 244 g/mol. The second kappa shape index (κ2) is 5.14. The van der Waals surface area contributed by atoms with Crippen molar-refractivity contribution in [2.24, 2.45) is 0 Å². The highest BCUT2D eigenvalue weighted by Crippen LogP contribution is 2.25. The van der Waals surface area contributed by atoms with Gasteiger partial charge in [0, 0.05) is 11.9 Å². The molecule has 0 bridgehead atoms. The molecule has 2 rings (SSSR count). The summed E-state index contributed by atoms with van der Waals surface area (Å²) in [5.74, 6) is 0.733. The Labute approximate surface area is 103 Å². The Hall–Kier alpha value is -1.33. The van der Waals surface area contributed by atoms with Crippen LogP contribution in [0.2, 0.25) is 5.15 Å². The molecule has 0 atom stereocenters. The average molecular weight is 253 g/mol. The van der Waals surface area contributed by atoms with Crippen molar-refractivity contribution in [3.05, 3.63) is 41.6 Å². The fourth-order valence-corrected chi connectivity index (χ4v) is 1.96. The molecular formula is C10H9ClN4S. The predicted octanol–water partition coefficient (Wildman–Crippen LogP) is 2.95. The monoisotopic (exact) mass is 252 g/mol. The molecule has 0 aliphatic rings. The minimum Gasteiger partial charge on any atom is -0.310 e. The van der Waals surface area contributed by atoms with Gasteiger partial charge < -0.3 is 4.72 Å². The number of anilines is 1. The summed E-state index contributed by atoms with van der Waals surface area (Å²) in [7, 11) is 0. The van der Waals surface area contributed by atoms with E-state index in [2.05, 4.69) is 19.7 Å². The topological polar surface area (TPSA) is 50.7 Å². The number of hydrogen-bond acceptors (Lipinski definition) is 5. The van der Waals surface area contributed by atoms with Crippen molar-refractivity contribution in [3.63, 3.8) is 0 Å². The van der Waals surface area contributed by atoms with E-state index >= 15 is 0 Å². The van der Waals surface area contributed by atoms with E-state index in [0.717, 1.165) is 16.4 Å². The number of pyridine rings is 1. The van der Waals surface area contributed by atoms with E-state index in [1.807, 2.05) is 19.1 Å². The Morgan fingerprint density at radius 3 is 2.88 bits per heavy atom. The summed E-state index contributed by atoms with van der Waals surface area (Å²) in [5.41, 5.74) is 0.899. The van der Waals surface area contributed by atoms with Crippen molar-refractivity contribution in [2.45, 2.75) is 11.8 Å². The van der Waals surface area contributed by atoms with Gasteiger partial charge in [-0.25, -0.2) is 15.0 Å². The van der Waals surface area contributed by atoms with E-state index < -0.39 is 0 Å². The molecule has 0 unspecified atom stereocenters. The predicted molar refractivity (Wildman–Crippen MR) is 65.5 cm³/mol. The van der Waals surface area contributed by atoms with E-state index in [1.165, 1.54) is 18.3 Å². The minimum atomic E-state index is 0.492. The third kappa shape index (κ3) is 2.84. The third-order valence-corrected chi connectivity index (χ3v) is 3.06. The van der Waals surface area contributed by atoms with E-state index in [1.54, 1.807) is 12.3 Å². The van der Waals surface area contributed by atoms with Crippen molar-refractivity contribution in [2.75, 3.05) is 4.72 Å². The van der Waals surface area contributed by atoms with Crippen LogP contribution in [-0.2, 0) is 0 Å². The summed E-state index contributed by atoms with van der Waals surface area (Å²) in [6, 6.07) is 5.61. The quantitative estimate of drug-likeness (QED) is 0.672. The van der Waals surface area contributed by atoms with E-state index in [0.29, 0.717) is 5.15 Å². The maximum Gasteiger partial charge on any atom is 0.144 e. The lowest BCUT2D eigenvalue weighted by Crippen LogP contribution is -1.92. The summed E-state index contributed by atoms with van der Waals surface area (Å²) < 4.78 is 3.06. The molecule has 4 nitrogen and oxygen atoms in total. The van der Waals surface area contributed by atoms with Crippen LogP contribution in [0, 0.1) is 6.92 Å². The summed E-state index contributed by atoms with van der Waals surface area (Å²) >= 11 is 7.37. The lowest BCUT2D eigenvalue weighted by molar-refractivity contribution is 1.15. The van der Waals surface area contributed by atoms with E-state index in [9.17, 15) is 0 Å². The Bertz CT molecular complexity index is 478. The van der Waals surface area contributed by atoms with Crippen LogP contribution in [0.4, 0.5) is 5.82 Å². The molecule has 16 heavy (non-hydrogen) atoms. The molecule has 1 N–H and O–H groups in total. The zero-order chi connectivity index (χ0) is 11.4. The van der Waals surface area contributed by atoms with Gasteiger partial charge in [-0.05, 0) is 37.1 Å². The minimum absolute atomic E-state index is 0.492. The highest BCUT2D eigenvalue weighted by Gasteiger charge is 2.03. The average Bonchev–Trinajstić information content (AvgIpc) is 2.29. The van der Waals surface area contributed by atoms with Gasteiger partial charge in [-0.1, -0.05) is 11.6 Å². The van der Waals surface area contributed by atoms with Crippen LogP contribution in [0.5, 0.6) is 0 Å². The molecule has 6 heteroatoms. The molecule has 2 heterocycles. The fraction of sp³-hybridized carbons (Fsp3) is 0.100. The smallest absolute Gasteiger partial charge is 0.144 e. The highest BCUT2D eigenvalue weighted by atomic mass is 35.5. The SMILES string of the molecule is Cc1ccc(SNc2ccncn2)c(Cl)n1. The lowest BCUT2D eigenvalue weighted by atomic mass is 10.4. The highest BCUT2D eigenvalue weighted by molar-refractivity contribution is 8.00. The molecule has 2 aromatic heterocycles. The molecule has 0 fully saturated rings. The molecule has 0 spiro atoms. The fourth-order valence-electron chi connectivity index (χ4n) is 1.05. The van der Waals surface area contributed by atoms with Gasteiger partial charge in [0.05, 0.1) is 4.90 Å². The van der Waals surface area contributed by atoms with Crippen LogP contribution in [-0.4, -0.2) is 15.0 Å². The van der Waals surface area contributed by atoms with Crippen molar-refractivity contribution in [1.82, 2.24) is 15.0 Å². The Balaban J connectivity index is 2.05. The first kappa shape index (κ1) is 11.2. The molecule has 0 aliphatic carbocycles. The van der Waals surface area contributed by atoms with Crippen LogP contribution in [0.25, 0.3) is 0 Å². The van der Waals surface area contributed by atoms with Crippen LogP contribution in [0.1, 0.15) is 5.69 Å². The number of aromatic nitrogens is 3. The Morgan fingerprint density at radius 1 is 1.31 bits per heavy atom. The second-order valence-electron chi connectivity index (χ2n) is 3.04. The first-order chi connectivity index (χ1) is 7.75. The van der Waals surface area contributed by atoms with Gasteiger partial charge in [0.25, 0.3) is 0 Å². The molecule has 0 amide bonds. The molecule has 0 aromatic carbocycles. The van der Waals surface area contributed by atoms with Crippen molar-refractivity contribution < 1.29 is 0 Å². The standard InChI is InChI=1S/C10H9ClN4S/c1-7-2-3-8(10(11)14-7)16-15-9-4-5-12-6-13-9/h2-6H,1H3,(H,12,13,15). The largest absolute Gasteiger partial charge is 0.310 e. The molecule has 0 saturated heterocycles. The van der Waals surface area contributed by atoms with Crippen molar-refractivity contribution in [1.29, 1.82) is 0 Å². The number of nitrogens with one attached hydrogen (secondary N) is 1. The number of hydrogen-bond donors (Lipinski definition) is 1. The molecule has 0 saturated carbocycles. The van der Waals surface area contributed by atoms with Crippen LogP contribution >= 0.6 is 23.5 Å². The summed E-state index contributed by atoms with van der Waals surface area (Å²) in [6.45, 7) is 1.90. The number of nitrogens with zero attached hydrogens (tertiary/aromatic N) is 3. The summed E-state index contributed by atoms with van der Waals surface area (Å²) in [5, 5.41) is 0.492. The van der Waals surface area contributed by atoms with E-state index in [4.69, 9.17) is 11.6 Å². The second-order valence-corrected chi connectivity index (χ2v) is 4.25. The van der Waals surface area contributed by atoms with Gasteiger partial charge in [0.15, 0.2) is 0 Å². The number of rotatable bonds is 3. The van der Waals surface area contributed by atoms with Crippen LogP contribution < -0.4 is 4.72 Å². The van der Waals surface area contributed by atoms with Gasteiger partial charge in [0.2, 0.25) is 0 Å². The maximum absolute atomic E-state index is 5.99. The van der Waals surface area contributed by atoms with Gasteiger partial charge in [0.1, 0.15) is 17.3 Å². The zero-order valence-corrected chi connectivity index (χ0v) is 10.1. The summed E-state index contributed by atoms with van der Waals surface area (Å²) in [4.78, 5) is 12.9. The first-order valence-electron chi connectivity index (χ1n) is 4.58. The lowest BCUT2D eigenvalue weighted by Gasteiger charge is -2.05.